The molecular weight excluding hydrogens is 564 g/mol. The Labute approximate surface area is 262 Å². The Morgan fingerprint density at radius 3 is 2.00 bits per heavy atom. The summed E-state index contributed by atoms with van der Waals surface area (Å²) in [5.41, 5.74) is 5.65. The summed E-state index contributed by atoms with van der Waals surface area (Å²) in [4.78, 5) is 65.5. The molecule has 0 spiro atoms. The molecule has 2 heterocycles. The van der Waals surface area contributed by atoms with Gasteiger partial charge in [0.2, 0.25) is 0 Å². The predicted molar refractivity (Wildman–Crippen MR) is 170 cm³/mol. The Kier molecular flexibility index (Phi) is 6.45. The van der Waals surface area contributed by atoms with Crippen LogP contribution >= 0.6 is 0 Å². The molecule has 226 valence electrons. The maximum Gasteiger partial charge on any atom is 0.266 e. The van der Waals surface area contributed by atoms with Gasteiger partial charge in [0.1, 0.15) is 0 Å². The van der Waals surface area contributed by atoms with E-state index in [0.717, 1.165) is 16.9 Å². The summed E-state index contributed by atoms with van der Waals surface area (Å²) in [7, 11) is 0. The Bertz CT molecular complexity index is 1930. The second-order valence-electron chi connectivity index (χ2n) is 13.6. The minimum absolute atomic E-state index is 0.0501. The maximum atomic E-state index is 13.6. The number of carbonyl (C=O) groups excluding carboxylic acids is 5. The zero-order chi connectivity index (χ0) is 31.9. The lowest BCUT2D eigenvalue weighted by atomic mass is 9.81. The van der Waals surface area contributed by atoms with E-state index in [4.69, 9.17) is 0 Å². The molecule has 45 heavy (non-hydrogen) atoms. The highest BCUT2D eigenvalue weighted by Gasteiger charge is 2.43. The van der Waals surface area contributed by atoms with Crippen molar-refractivity contribution in [2.45, 2.75) is 47.0 Å². The van der Waals surface area contributed by atoms with E-state index in [9.17, 15) is 24.0 Å². The molecule has 0 radical (unpaired) electrons. The van der Waals surface area contributed by atoms with Gasteiger partial charge in [0.05, 0.1) is 27.9 Å². The lowest BCUT2D eigenvalue weighted by molar-refractivity contribution is 0.0874. The summed E-state index contributed by atoms with van der Waals surface area (Å²) < 4.78 is 0. The quantitative estimate of drug-likeness (QED) is 0.260. The number of hydrogen-bond donors (Lipinski definition) is 1. The molecule has 3 aromatic carbocycles. The molecule has 4 unspecified atom stereocenters. The van der Waals surface area contributed by atoms with Crippen molar-refractivity contribution in [1.29, 1.82) is 0 Å². The van der Waals surface area contributed by atoms with Crippen LogP contribution in [0.15, 0.2) is 84.0 Å². The molecule has 1 fully saturated rings. The monoisotopic (exact) mass is 598 g/mol. The van der Waals surface area contributed by atoms with E-state index in [0.29, 0.717) is 23.4 Å². The summed E-state index contributed by atoms with van der Waals surface area (Å²) in [6.45, 7) is 11.5. The lowest BCUT2D eigenvalue weighted by Crippen LogP contribution is -2.29. The maximum absolute atomic E-state index is 13.6. The van der Waals surface area contributed by atoms with Crippen molar-refractivity contribution in [2.75, 3.05) is 4.90 Å². The van der Waals surface area contributed by atoms with Gasteiger partial charge >= 0.3 is 0 Å². The van der Waals surface area contributed by atoms with Crippen molar-refractivity contribution in [2.24, 2.45) is 23.2 Å². The fraction of sp³-hybridized carbons (Fsp3) is 0.289. The van der Waals surface area contributed by atoms with Gasteiger partial charge in [-0.3, -0.25) is 29.3 Å². The minimum atomic E-state index is -0.556. The third-order valence-electron chi connectivity index (χ3n) is 10.4. The van der Waals surface area contributed by atoms with E-state index in [1.165, 1.54) is 47.5 Å². The van der Waals surface area contributed by atoms with E-state index in [1.54, 1.807) is 0 Å². The number of nitrogens with one attached hydrogen (secondary N) is 1. The normalized spacial score (nSPS) is 24.9. The van der Waals surface area contributed by atoms with E-state index < -0.39 is 29.4 Å². The number of amides is 4. The van der Waals surface area contributed by atoms with Crippen molar-refractivity contribution in [3.63, 3.8) is 0 Å². The number of anilines is 1. The zero-order valence-corrected chi connectivity index (χ0v) is 25.9. The molecule has 1 N–H and O–H groups in total. The number of fused-ring (bicyclic) bond motifs is 3. The third kappa shape index (κ3) is 4.44. The van der Waals surface area contributed by atoms with Crippen LogP contribution in [0.3, 0.4) is 0 Å². The second-order valence-corrected chi connectivity index (χ2v) is 13.6. The molecule has 7 nitrogen and oxygen atoms in total. The first kappa shape index (κ1) is 28.8. The summed E-state index contributed by atoms with van der Waals surface area (Å²) in [5, 5.41) is 2.21. The number of allylic oxidation sites excluding steroid dienone is 4. The number of imide groups is 2. The fourth-order valence-electron chi connectivity index (χ4n) is 7.41. The first-order chi connectivity index (χ1) is 21.4. The van der Waals surface area contributed by atoms with Crippen molar-refractivity contribution in [3.8, 4) is 0 Å². The summed E-state index contributed by atoms with van der Waals surface area (Å²) in [6, 6.07) is 16.4. The largest absolute Gasteiger partial charge is 0.289 e. The number of hydrogen-bond acceptors (Lipinski definition) is 5. The Morgan fingerprint density at radius 1 is 0.733 bits per heavy atom. The molecule has 2 aliphatic heterocycles. The third-order valence-corrected chi connectivity index (χ3v) is 10.4. The number of ketones is 1. The first-order valence-corrected chi connectivity index (χ1v) is 15.5. The average molecular weight is 599 g/mol. The Morgan fingerprint density at radius 2 is 1.31 bits per heavy atom. The van der Waals surface area contributed by atoms with Gasteiger partial charge in [-0.05, 0) is 82.7 Å². The second kappa shape index (κ2) is 10.1. The lowest BCUT2D eigenvalue weighted by Gasteiger charge is -2.23. The highest BCUT2D eigenvalue weighted by atomic mass is 16.2. The van der Waals surface area contributed by atoms with Crippen LogP contribution in [-0.4, -0.2) is 29.4 Å². The predicted octanol–water partition coefficient (Wildman–Crippen LogP) is 6.89. The highest BCUT2D eigenvalue weighted by Crippen LogP contribution is 2.56. The molecule has 4 aliphatic rings. The number of rotatable bonds is 4. The van der Waals surface area contributed by atoms with Gasteiger partial charge in [0, 0.05) is 17.0 Å². The van der Waals surface area contributed by atoms with E-state index in [-0.39, 0.29) is 44.7 Å². The van der Waals surface area contributed by atoms with Gasteiger partial charge in [-0.2, -0.15) is 0 Å². The summed E-state index contributed by atoms with van der Waals surface area (Å²) in [5.74, 6) is -0.669. The van der Waals surface area contributed by atoms with Crippen LogP contribution in [0.2, 0.25) is 0 Å². The molecular formula is C38H34N2O5. The summed E-state index contributed by atoms with van der Waals surface area (Å²) >= 11 is 0. The van der Waals surface area contributed by atoms with Crippen LogP contribution in [0, 0.1) is 23.2 Å². The molecule has 4 atom stereocenters. The topological polar surface area (TPSA) is 101 Å². The van der Waals surface area contributed by atoms with Crippen molar-refractivity contribution in [3.05, 3.63) is 123 Å². The summed E-state index contributed by atoms with van der Waals surface area (Å²) in [6.07, 6.45) is 5.91. The number of carbonyl (C=O) groups is 5. The van der Waals surface area contributed by atoms with Crippen LogP contribution in [0.5, 0.6) is 0 Å². The van der Waals surface area contributed by atoms with Crippen LogP contribution in [0.1, 0.15) is 110 Å². The Hall–Kier alpha value is -4.91. The molecule has 2 aliphatic carbocycles. The van der Waals surface area contributed by atoms with E-state index in [1.807, 2.05) is 24.3 Å². The molecule has 7 heteroatoms. The molecule has 0 aromatic heterocycles. The van der Waals surface area contributed by atoms with Gasteiger partial charge < -0.3 is 0 Å². The van der Waals surface area contributed by atoms with Crippen LogP contribution in [0.4, 0.5) is 5.69 Å². The standard InChI is InChI=1S/C38H34N2O5/c1-19-14-28-31(18-38(4,5)32(28)15-20(2)21(19)3)22-6-10-25(11-7-22)40-36(44)27-13-9-24(17-30(27)37(40)45)33(41)23-8-12-26-29(16-23)35(43)39-34(26)42/h6-17,19-21,31H,18H2,1-5H3,(H,39,42,43). The van der Waals surface area contributed by atoms with Gasteiger partial charge in [0.15, 0.2) is 5.78 Å². The van der Waals surface area contributed by atoms with E-state index in [2.05, 4.69) is 52.1 Å². The molecule has 0 bridgehead atoms. The first-order valence-electron chi connectivity index (χ1n) is 15.5. The molecule has 4 amide bonds. The Balaban J connectivity index is 1.16. The van der Waals surface area contributed by atoms with Crippen LogP contribution in [-0.2, 0) is 0 Å². The van der Waals surface area contributed by atoms with Crippen LogP contribution in [0.25, 0.3) is 0 Å². The highest BCUT2D eigenvalue weighted by molar-refractivity contribution is 6.35. The van der Waals surface area contributed by atoms with Gasteiger partial charge in [-0.1, -0.05) is 71.0 Å². The minimum Gasteiger partial charge on any atom is -0.289 e. The molecule has 3 aromatic rings. The molecule has 1 saturated carbocycles. The molecule has 7 rings (SSSR count). The fourth-order valence-corrected chi connectivity index (χ4v) is 7.41. The molecule has 0 saturated heterocycles. The average Bonchev–Trinajstić information content (AvgIpc) is 3.52. The van der Waals surface area contributed by atoms with Gasteiger partial charge in [-0.15, -0.1) is 0 Å². The zero-order valence-electron chi connectivity index (χ0n) is 25.9. The SMILES string of the molecule is CC1C=C2C(=CC(C)C1C)C(C)(C)CC2c1ccc(N2C(=O)c3ccc(C(=O)c4ccc5c(c4)C(=O)NC5=O)cc3C2=O)cc1. The number of nitrogens with zero attached hydrogens (tertiary/aromatic N) is 1. The van der Waals surface area contributed by atoms with E-state index >= 15 is 0 Å². The number of benzene rings is 3. The van der Waals surface area contributed by atoms with Crippen molar-refractivity contribution >= 4 is 35.1 Å². The van der Waals surface area contributed by atoms with Gasteiger partial charge in [-0.25, -0.2) is 4.90 Å². The van der Waals surface area contributed by atoms with Crippen molar-refractivity contribution < 1.29 is 24.0 Å². The smallest absolute Gasteiger partial charge is 0.266 e. The van der Waals surface area contributed by atoms with Crippen LogP contribution < -0.4 is 10.2 Å². The van der Waals surface area contributed by atoms with Crippen molar-refractivity contribution in [1.82, 2.24) is 5.32 Å². The van der Waals surface area contributed by atoms with Gasteiger partial charge in [0.25, 0.3) is 23.6 Å².